The van der Waals surface area contributed by atoms with Crippen LogP contribution in [0.4, 0.5) is 17.1 Å². The van der Waals surface area contributed by atoms with E-state index in [9.17, 15) is 0 Å². The van der Waals surface area contributed by atoms with Gasteiger partial charge in [-0.3, -0.25) is 0 Å². The maximum Gasteiger partial charge on any atom is 0.227 e. The third-order valence-electron chi connectivity index (χ3n) is 9.92. The maximum absolute atomic E-state index is 6.79. The average Bonchev–Trinajstić information content (AvgIpc) is 3.84. The van der Waals surface area contributed by atoms with Gasteiger partial charge in [-0.25, -0.2) is 4.98 Å². The molecular formula is C49H32N2O2. The zero-order valence-corrected chi connectivity index (χ0v) is 28.7. The monoisotopic (exact) mass is 680 g/mol. The van der Waals surface area contributed by atoms with Crippen molar-refractivity contribution in [2.45, 2.75) is 0 Å². The van der Waals surface area contributed by atoms with E-state index in [1.807, 2.05) is 60.7 Å². The highest BCUT2D eigenvalue weighted by molar-refractivity contribution is 6.18. The van der Waals surface area contributed by atoms with Gasteiger partial charge in [0.25, 0.3) is 0 Å². The van der Waals surface area contributed by atoms with E-state index in [0.29, 0.717) is 11.5 Å². The molecular weight excluding hydrogens is 649 g/mol. The first-order valence-electron chi connectivity index (χ1n) is 17.8. The fourth-order valence-corrected chi connectivity index (χ4v) is 7.34. The molecule has 4 nitrogen and oxygen atoms in total. The van der Waals surface area contributed by atoms with Crippen molar-refractivity contribution in [2.24, 2.45) is 0 Å². The summed E-state index contributed by atoms with van der Waals surface area (Å²) in [6.45, 7) is 0. The summed E-state index contributed by atoms with van der Waals surface area (Å²) in [5.41, 5.74) is 13.5. The van der Waals surface area contributed by atoms with Gasteiger partial charge in [-0.15, -0.1) is 0 Å². The van der Waals surface area contributed by atoms with Crippen LogP contribution >= 0.6 is 0 Å². The van der Waals surface area contributed by atoms with Gasteiger partial charge in [-0.2, -0.15) is 0 Å². The van der Waals surface area contributed by atoms with E-state index in [-0.39, 0.29) is 0 Å². The molecule has 10 aromatic rings. The summed E-state index contributed by atoms with van der Waals surface area (Å²) < 4.78 is 13.6. The number of hydrogen-bond acceptors (Lipinski definition) is 4. The Morgan fingerprint density at radius 3 is 1.60 bits per heavy atom. The van der Waals surface area contributed by atoms with E-state index in [1.165, 1.54) is 11.1 Å². The normalized spacial score (nSPS) is 11.4. The standard InChI is InChI=1S/C49H32N2O2/c1-4-14-33(15-5-1)34-24-26-35(27-25-34)36-28-30-39(31-29-36)51(44-22-12-10-20-40(44)37-16-6-2-7-17-37)46-47-42(41-21-11-13-23-45(41)52-47)32-43-48(46)53-49(50-43)38-18-8-3-9-19-38/h1-32H. The number of fused-ring (bicyclic) bond motifs is 4. The molecule has 0 aliphatic heterocycles. The quantitative estimate of drug-likeness (QED) is 0.168. The molecule has 0 saturated carbocycles. The molecule has 0 amide bonds. The van der Waals surface area contributed by atoms with Crippen molar-refractivity contribution in [3.8, 4) is 44.8 Å². The molecule has 250 valence electrons. The van der Waals surface area contributed by atoms with E-state index < -0.39 is 0 Å². The highest BCUT2D eigenvalue weighted by atomic mass is 16.4. The lowest BCUT2D eigenvalue weighted by Crippen LogP contribution is -2.12. The van der Waals surface area contributed by atoms with Gasteiger partial charge in [0.05, 0.1) is 5.69 Å². The van der Waals surface area contributed by atoms with Crippen molar-refractivity contribution in [3.05, 3.63) is 194 Å². The van der Waals surface area contributed by atoms with Crippen LogP contribution in [0.3, 0.4) is 0 Å². The van der Waals surface area contributed by atoms with Gasteiger partial charge in [0.15, 0.2) is 11.2 Å². The molecule has 0 aliphatic carbocycles. The Bertz CT molecular complexity index is 2860. The van der Waals surface area contributed by atoms with Crippen molar-refractivity contribution >= 4 is 50.1 Å². The van der Waals surface area contributed by atoms with Crippen LogP contribution < -0.4 is 4.90 Å². The zero-order valence-electron chi connectivity index (χ0n) is 28.7. The van der Waals surface area contributed by atoms with Crippen LogP contribution in [0, 0.1) is 0 Å². The van der Waals surface area contributed by atoms with E-state index >= 15 is 0 Å². The lowest BCUT2D eigenvalue weighted by molar-refractivity contribution is 0.618. The van der Waals surface area contributed by atoms with Gasteiger partial charge in [-0.05, 0) is 70.3 Å². The number of aromatic nitrogens is 1. The Morgan fingerprint density at radius 2 is 0.925 bits per heavy atom. The summed E-state index contributed by atoms with van der Waals surface area (Å²) in [7, 11) is 0. The summed E-state index contributed by atoms with van der Waals surface area (Å²) in [4.78, 5) is 7.35. The van der Waals surface area contributed by atoms with Gasteiger partial charge in [0.1, 0.15) is 16.8 Å². The van der Waals surface area contributed by atoms with Crippen molar-refractivity contribution < 1.29 is 8.83 Å². The predicted octanol–water partition coefficient (Wildman–Crippen LogP) is 13.9. The number of para-hydroxylation sites is 2. The summed E-state index contributed by atoms with van der Waals surface area (Å²) in [6, 6.07) is 67.4. The van der Waals surface area contributed by atoms with Crippen LogP contribution in [0.5, 0.6) is 0 Å². The molecule has 10 rings (SSSR count). The number of furan rings is 1. The van der Waals surface area contributed by atoms with Crippen LogP contribution in [0.2, 0.25) is 0 Å². The lowest BCUT2D eigenvalue weighted by Gasteiger charge is -2.28. The van der Waals surface area contributed by atoms with Gasteiger partial charge >= 0.3 is 0 Å². The molecule has 0 fully saturated rings. The third-order valence-corrected chi connectivity index (χ3v) is 9.92. The Labute approximate surface area is 306 Å². The van der Waals surface area contributed by atoms with Crippen LogP contribution in [0.1, 0.15) is 0 Å². The highest BCUT2D eigenvalue weighted by Crippen LogP contribution is 2.49. The summed E-state index contributed by atoms with van der Waals surface area (Å²) in [5.74, 6) is 0.560. The number of benzene rings is 8. The van der Waals surface area contributed by atoms with E-state index in [0.717, 1.165) is 72.3 Å². The van der Waals surface area contributed by atoms with E-state index in [4.69, 9.17) is 13.8 Å². The molecule has 53 heavy (non-hydrogen) atoms. The van der Waals surface area contributed by atoms with E-state index in [1.54, 1.807) is 0 Å². The minimum atomic E-state index is 0.560. The second-order valence-electron chi connectivity index (χ2n) is 13.1. The highest BCUT2D eigenvalue weighted by Gasteiger charge is 2.28. The minimum absolute atomic E-state index is 0.560. The van der Waals surface area contributed by atoms with Crippen molar-refractivity contribution in [2.75, 3.05) is 4.90 Å². The van der Waals surface area contributed by atoms with Gasteiger partial charge in [0, 0.05) is 27.6 Å². The Hall–Kier alpha value is -7.17. The van der Waals surface area contributed by atoms with Crippen molar-refractivity contribution in [1.82, 2.24) is 4.98 Å². The SMILES string of the molecule is c1ccc(-c2ccc(-c3ccc(N(c4ccccc4-c4ccccc4)c4c5oc(-c6ccccc6)nc5cc5c4oc4ccccc45)cc3)cc2)cc1. The first kappa shape index (κ1) is 30.6. The maximum atomic E-state index is 6.79. The predicted molar refractivity (Wildman–Crippen MR) is 218 cm³/mol. The number of rotatable bonds is 7. The first-order chi connectivity index (χ1) is 26.3. The van der Waals surface area contributed by atoms with Crippen LogP contribution in [0.15, 0.2) is 203 Å². The minimum Gasteiger partial charge on any atom is -0.454 e. The molecule has 2 heterocycles. The third kappa shape index (κ3) is 5.45. The van der Waals surface area contributed by atoms with Crippen molar-refractivity contribution in [1.29, 1.82) is 0 Å². The molecule has 0 saturated heterocycles. The Kier molecular flexibility index (Phi) is 7.43. The molecule has 0 aliphatic rings. The average molecular weight is 681 g/mol. The largest absolute Gasteiger partial charge is 0.454 e. The Morgan fingerprint density at radius 1 is 0.396 bits per heavy atom. The first-order valence-corrected chi connectivity index (χ1v) is 17.8. The number of anilines is 3. The van der Waals surface area contributed by atoms with E-state index in [2.05, 4.69) is 138 Å². The summed E-state index contributed by atoms with van der Waals surface area (Å²) in [6.07, 6.45) is 0. The molecule has 0 atom stereocenters. The molecule has 0 N–H and O–H groups in total. The second-order valence-corrected chi connectivity index (χ2v) is 13.1. The van der Waals surface area contributed by atoms with Gasteiger partial charge in [0.2, 0.25) is 5.89 Å². The van der Waals surface area contributed by atoms with Crippen LogP contribution in [-0.4, -0.2) is 4.98 Å². The number of nitrogens with zero attached hydrogens (tertiary/aromatic N) is 2. The molecule has 4 heteroatoms. The second kappa shape index (κ2) is 12.9. The number of oxazole rings is 1. The fourth-order valence-electron chi connectivity index (χ4n) is 7.34. The molecule has 0 spiro atoms. The van der Waals surface area contributed by atoms with Gasteiger partial charge in [-0.1, -0.05) is 152 Å². The van der Waals surface area contributed by atoms with Crippen LogP contribution in [-0.2, 0) is 0 Å². The number of hydrogen-bond donors (Lipinski definition) is 0. The summed E-state index contributed by atoms with van der Waals surface area (Å²) >= 11 is 0. The molecule has 0 radical (unpaired) electrons. The topological polar surface area (TPSA) is 42.4 Å². The molecule has 2 aromatic heterocycles. The fraction of sp³-hybridized carbons (Fsp3) is 0. The summed E-state index contributed by atoms with van der Waals surface area (Å²) in [5, 5.41) is 2.01. The van der Waals surface area contributed by atoms with Gasteiger partial charge < -0.3 is 13.7 Å². The Balaban J connectivity index is 1.21. The molecule has 0 bridgehead atoms. The van der Waals surface area contributed by atoms with Crippen molar-refractivity contribution in [3.63, 3.8) is 0 Å². The lowest BCUT2D eigenvalue weighted by atomic mass is 9.99. The molecule has 0 unspecified atom stereocenters. The smallest absolute Gasteiger partial charge is 0.227 e. The van der Waals surface area contributed by atoms with Crippen LogP contribution in [0.25, 0.3) is 77.9 Å². The molecule has 8 aromatic carbocycles. The zero-order chi connectivity index (χ0) is 35.1.